The summed E-state index contributed by atoms with van der Waals surface area (Å²) in [4.78, 5) is 14.3. The van der Waals surface area contributed by atoms with Crippen molar-refractivity contribution in [1.29, 1.82) is 0 Å². The highest BCUT2D eigenvalue weighted by Crippen LogP contribution is 2.13. The van der Waals surface area contributed by atoms with Gasteiger partial charge in [0.25, 0.3) is 5.91 Å². The van der Waals surface area contributed by atoms with E-state index < -0.39 is 0 Å². The van der Waals surface area contributed by atoms with Crippen molar-refractivity contribution >= 4 is 17.5 Å². The lowest BCUT2D eigenvalue weighted by Crippen LogP contribution is -2.32. The number of carbonyl (C=O) groups excluding carboxylic acids is 1. The second-order valence-corrected chi connectivity index (χ2v) is 5.05. The second-order valence-electron chi connectivity index (χ2n) is 4.67. The zero-order valence-corrected chi connectivity index (χ0v) is 12.5. The maximum atomic E-state index is 12.6. The number of aromatic nitrogens is 2. The molecule has 0 N–H and O–H groups in total. The smallest absolute Gasteiger partial charge is 0.257 e. The summed E-state index contributed by atoms with van der Waals surface area (Å²) >= 11 is 5.82. The number of hydrogen-bond donors (Lipinski definition) is 0. The van der Waals surface area contributed by atoms with Crippen LogP contribution in [0.2, 0.25) is 0 Å². The van der Waals surface area contributed by atoms with Crippen molar-refractivity contribution in [2.45, 2.75) is 13.5 Å². The molecular weight excluding hydrogens is 274 g/mol. The van der Waals surface area contributed by atoms with E-state index in [-0.39, 0.29) is 5.91 Å². The number of nitrogens with zero attached hydrogens (tertiary/aromatic N) is 3. The molecule has 20 heavy (non-hydrogen) atoms. The molecule has 0 unspecified atom stereocenters. The Labute approximate surface area is 124 Å². The molecule has 2 rings (SSSR count). The number of alkyl halides is 1. The topological polar surface area (TPSA) is 38.1 Å². The van der Waals surface area contributed by atoms with E-state index in [0.29, 0.717) is 24.5 Å². The first-order chi connectivity index (χ1) is 9.63. The van der Waals surface area contributed by atoms with E-state index in [1.807, 2.05) is 44.3 Å². The Bertz CT molecular complexity index is 580. The van der Waals surface area contributed by atoms with Crippen LogP contribution in [0.15, 0.2) is 36.5 Å². The standard InChI is InChI=1S/C15H18ClN3O/c1-12-14(10-17-18(12)2)15(20)19(9-8-16)11-13-6-4-3-5-7-13/h3-7,10H,8-9,11H2,1-2H3. The summed E-state index contributed by atoms with van der Waals surface area (Å²) in [6.45, 7) is 2.96. The molecule has 106 valence electrons. The summed E-state index contributed by atoms with van der Waals surface area (Å²) in [6.07, 6.45) is 1.61. The molecule has 2 aromatic rings. The predicted molar refractivity (Wildman–Crippen MR) is 79.8 cm³/mol. The van der Waals surface area contributed by atoms with Gasteiger partial charge in [-0.25, -0.2) is 0 Å². The number of halogens is 1. The normalized spacial score (nSPS) is 10.6. The van der Waals surface area contributed by atoms with E-state index in [2.05, 4.69) is 5.10 Å². The number of amides is 1. The lowest BCUT2D eigenvalue weighted by molar-refractivity contribution is 0.0753. The van der Waals surface area contributed by atoms with Gasteiger partial charge in [-0.05, 0) is 12.5 Å². The minimum Gasteiger partial charge on any atom is -0.333 e. The molecule has 0 atom stereocenters. The zero-order chi connectivity index (χ0) is 14.5. The molecule has 0 aliphatic carbocycles. The molecule has 0 aliphatic rings. The van der Waals surface area contributed by atoms with E-state index in [1.54, 1.807) is 15.8 Å². The highest BCUT2D eigenvalue weighted by Gasteiger charge is 2.19. The molecule has 0 saturated heterocycles. The van der Waals surface area contributed by atoms with E-state index >= 15 is 0 Å². The van der Waals surface area contributed by atoms with Crippen LogP contribution in [0.3, 0.4) is 0 Å². The first-order valence-corrected chi connectivity index (χ1v) is 7.04. The van der Waals surface area contributed by atoms with Crippen molar-refractivity contribution in [1.82, 2.24) is 14.7 Å². The SMILES string of the molecule is Cc1c(C(=O)N(CCCl)Cc2ccccc2)cnn1C. The van der Waals surface area contributed by atoms with Crippen molar-refractivity contribution < 1.29 is 4.79 Å². The third-order valence-electron chi connectivity index (χ3n) is 3.32. The summed E-state index contributed by atoms with van der Waals surface area (Å²) in [5, 5.41) is 4.12. The van der Waals surface area contributed by atoms with Crippen molar-refractivity contribution in [2.75, 3.05) is 12.4 Å². The number of aryl methyl sites for hydroxylation is 1. The van der Waals surface area contributed by atoms with Crippen LogP contribution in [0.25, 0.3) is 0 Å². The number of hydrogen-bond acceptors (Lipinski definition) is 2. The van der Waals surface area contributed by atoms with Gasteiger partial charge in [-0.3, -0.25) is 9.48 Å². The molecule has 0 fully saturated rings. The van der Waals surface area contributed by atoms with Gasteiger partial charge in [0, 0.05) is 31.7 Å². The number of rotatable bonds is 5. The molecule has 0 bridgehead atoms. The van der Waals surface area contributed by atoms with Crippen molar-refractivity contribution in [3.05, 3.63) is 53.3 Å². The summed E-state index contributed by atoms with van der Waals surface area (Å²) in [5.41, 5.74) is 2.59. The van der Waals surface area contributed by atoms with Gasteiger partial charge in [0.05, 0.1) is 11.8 Å². The Morgan fingerprint density at radius 2 is 2.05 bits per heavy atom. The van der Waals surface area contributed by atoms with Gasteiger partial charge in [0.15, 0.2) is 0 Å². The average molecular weight is 292 g/mol. The predicted octanol–water partition coefficient (Wildman–Crippen LogP) is 2.61. The van der Waals surface area contributed by atoms with Gasteiger partial charge >= 0.3 is 0 Å². The third-order valence-corrected chi connectivity index (χ3v) is 3.49. The fourth-order valence-corrected chi connectivity index (χ4v) is 2.24. The van der Waals surface area contributed by atoms with Crippen LogP contribution in [-0.2, 0) is 13.6 Å². The third kappa shape index (κ3) is 3.20. The van der Waals surface area contributed by atoms with Gasteiger partial charge in [-0.1, -0.05) is 30.3 Å². The van der Waals surface area contributed by atoms with E-state index in [1.165, 1.54) is 0 Å². The molecule has 0 saturated carbocycles. The fourth-order valence-electron chi connectivity index (χ4n) is 2.04. The van der Waals surface area contributed by atoms with Gasteiger partial charge in [0.2, 0.25) is 0 Å². The first-order valence-electron chi connectivity index (χ1n) is 6.51. The summed E-state index contributed by atoms with van der Waals surface area (Å²) < 4.78 is 1.70. The molecular formula is C15H18ClN3O. The Hall–Kier alpha value is -1.81. The fraction of sp³-hybridized carbons (Fsp3) is 0.333. The molecule has 5 heteroatoms. The van der Waals surface area contributed by atoms with Gasteiger partial charge < -0.3 is 4.90 Å². The van der Waals surface area contributed by atoms with E-state index in [0.717, 1.165) is 11.3 Å². The Kier molecular flexibility index (Phi) is 4.79. The van der Waals surface area contributed by atoms with Crippen LogP contribution in [0.4, 0.5) is 0 Å². The highest BCUT2D eigenvalue weighted by molar-refractivity contribution is 6.18. The molecule has 4 nitrogen and oxygen atoms in total. The van der Waals surface area contributed by atoms with Crippen LogP contribution in [-0.4, -0.2) is 33.0 Å². The van der Waals surface area contributed by atoms with E-state index in [4.69, 9.17) is 11.6 Å². The molecule has 0 aliphatic heterocycles. The average Bonchev–Trinajstić information content (AvgIpc) is 2.79. The summed E-state index contributed by atoms with van der Waals surface area (Å²) in [7, 11) is 1.83. The lowest BCUT2D eigenvalue weighted by Gasteiger charge is -2.21. The minimum absolute atomic E-state index is 0.0277. The van der Waals surface area contributed by atoms with Crippen LogP contribution in [0.5, 0.6) is 0 Å². The van der Waals surface area contributed by atoms with Crippen molar-refractivity contribution in [2.24, 2.45) is 7.05 Å². The van der Waals surface area contributed by atoms with Gasteiger partial charge in [-0.15, -0.1) is 11.6 Å². The largest absolute Gasteiger partial charge is 0.333 e. The van der Waals surface area contributed by atoms with Crippen LogP contribution >= 0.6 is 11.6 Å². The minimum atomic E-state index is -0.0277. The first kappa shape index (κ1) is 14.6. The second kappa shape index (κ2) is 6.57. The van der Waals surface area contributed by atoms with Crippen molar-refractivity contribution in [3.63, 3.8) is 0 Å². The zero-order valence-electron chi connectivity index (χ0n) is 11.7. The monoisotopic (exact) mass is 291 g/mol. The highest BCUT2D eigenvalue weighted by atomic mass is 35.5. The Morgan fingerprint density at radius 3 is 2.60 bits per heavy atom. The van der Waals surface area contributed by atoms with Gasteiger partial charge in [-0.2, -0.15) is 5.10 Å². The van der Waals surface area contributed by atoms with Gasteiger partial charge in [0.1, 0.15) is 0 Å². The van der Waals surface area contributed by atoms with Crippen LogP contribution < -0.4 is 0 Å². The van der Waals surface area contributed by atoms with Crippen LogP contribution in [0, 0.1) is 6.92 Å². The molecule has 1 aromatic carbocycles. The lowest BCUT2D eigenvalue weighted by atomic mass is 10.2. The molecule has 1 amide bonds. The molecule has 1 aromatic heterocycles. The summed E-state index contributed by atoms with van der Waals surface area (Å²) in [6, 6.07) is 9.90. The Balaban J connectivity index is 2.20. The molecule has 0 radical (unpaired) electrons. The molecule has 1 heterocycles. The quantitative estimate of drug-likeness (QED) is 0.794. The number of carbonyl (C=O) groups is 1. The molecule has 0 spiro atoms. The maximum absolute atomic E-state index is 12.6. The number of benzene rings is 1. The van der Waals surface area contributed by atoms with Crippen LogP contribution in [0.1, 0.15) is 21.6 Å². The van der Waals surface area contributed by atoms with Crippen molar-refractivity contribution in [3.8, 4) is 0 Å². The maximum Gasteiger partial charge on any atom is 0.257 e. The Morgan fingerprint density at radius 1 is 1.35 bits per heavy atom. The van der Waals surface area contributed by atoms with E-state index in [9.17, 15) is 4.79 Å². The summed E-state index contributed by atoms with van der Waals surface area (Å²) in [5.74, 6) is 0.387.